The maximum absolute atomic E-state index is 2.54. The van der Waals surface area contributed by atoms with Crippen molar-refractivity contribution in [2.75, 3.05) is 0 Å². The Balaban J connectivity index is 1.88. The minimum absolute atomic E-state index is 1.08. The molecule has 0 radical (unpaired) electrons. The zero-order valence-corrected chi connectivity index (χ0v) is 11.0. The van der Waals surface area contributed by atoms with E-state index in [0.717, 1.165) is 11.8 Å². The fourth-order valence-electron chi connectivity index (χ4n) is 3.68. The summed E-state index contributed by atoms with van der Waals surface area (Å²) in [6, 6.07) is 0. The first-order chi connectivity index (χ1) is 7.90. The molecule has 0 heterocycles. The van der Waals surface area contributed by atoms with Gasteiger partial charge in [-0.25, -0.2) is 0 Å². The molecule has 0 nitrogen and oxygen atoms in total. The summed E-state index contributed by atoms with van der Waals surface area (Å²) in [5.74, 6) is 2.18. The Morgan fingerprint density at radius 3 is 2.38 bits per heavy atom. The van der Waals surface area contributed by atoms with Gasteiger partial charge in [0, 0.05) is 0 Å². The zero-order chi connectivity index (χ0) is 11.2. The molecule has 0 aromatic heterocycles. The summed E-state index contributed by atoms with van der Waals surface area (Å²) in [6.07, 6.45) is 18.6. The predicted molar refractivity (Wildman–Crippen MR) is 71.5 cm³/mol. The molecule has 0 N–H and O–H groups in total. The summed E-state index contributed by atoms with van der Waals surface area (Å²) >= 11 is 0. The van der Waals surface area contributed by atoms with Crippen LogP contribution >= 0.6 is 0 Å². The average Bonchev–Trinajstić information content (AvgIpc) is 2.29. The lowest BCUT2D eigenvalue weighted by Crippen LogP contribution is -2.21. The summed E-state index contributed by atoms with van der Waals surface area (Å²) in [5.41, 5.74) is 1.78. The minimum atomic E-state index is 1.08. The Morgan fingerprint density at radius 1 is 0.938 bits per heavy atom. The topological polar surface area (TPSA) is 0 Å². The zero-order valence-electron chi connectivity index (χ0n) is 11.0. The first-order valence-electron chi connectivity index (χ1n) is 7.58. The molecule has 16 heavy (non-hydrogen) atoms. The Hall–Kier alpha value is -0.260. The van der Waals surface area contributed by atoms with E-state index in [1.165, 1.54) is 64.2 Å². The molecular formula is C16H28. The molecule has 2 aliphatic rings. The van der Waals surface area contributed by atoms with Gasteiger partial charge >= 0.3 is 0 Å². The second-order valence-electron chi connectivity index (χ2n) is 5.89. The minimum Gasteiger partial charge on any atom is -0.0853 e. The summed E-state index contributed by atoms with van der Waals surface area (Å²) in [5, 5.41) is 0. The van der Waals surface area contributed by atoms with Gasteiger partial charge in [-0.1, -0.05) is 50.7 Å². The molecule has 0 amide bonds. The Kier molecular flexibility index (Phi) is 4.93. The van der Waals surface area contributed by atoms with E-state index >= 15 is 0 Å². The second kappa shape index (κ2) is 6.47. The largest absolute Gasteiger partial charge is 0.0853 e. The maximum atomic E-state index is 2.54. The lowest BCUT2D eigenvalue weighted by molar-refractivity contribution is 0.201. The third-order valence-electron chi connectivity index (χ3n) is 4.70. The highest BCUT2D eigenvalue weighted by Gasteiger charge is 2.25. The van der Waals surface area contributed by atoms with Gasteiger partial charge in [-0.15, -0.1) is 0 Å². The van der Waals surface area contributed by atoms with Crippen LogP contribution < -0.4 is 0 Å². The standard InChI is InChI=1S/C16H28/c1-2-3-7-14-8-6-11-15-9-4-5-10-16(15)13-12-14/h7,15-16H,2-6,8-13H2,1H3/b14-7+. The number of hydrogen-bond acceptors (Lipinski definition) is 0. The van der Waals surface area contributed by atoms with Gasteiger partial charge in [-0.2, -0.15) is 0 Å². The van der Waals surface area contributed by atoms with Gasteiger partial charge in [0.1, 0.15) is 0 Å². The van der Waals surface area contributed by atoms with Crippen molar-refractivity contribution in [3.8, 4) is 0 Å². The van der Waals surface area contributed by atoms with Crippen LogP contribution in [-0.2, 0) is 0 Å². The molecule has 0 bridgehead atoms. The van der Waals surface area contributed by atoms with E-state index in [-0.39, 0.29) is 0 Å². The van der Waals surface area contributed by atoms with Crippen LogP contribution in [0, 0.1) is 11.8 Å². The molecule has 2 atom stereocenters. The molecule has 0 aromatic rings. The third-order valence-corrected chi connectivity index (χ3v) is 4.70. The van der Waals surface area contributed by atoms with E-state index in [0.29, 0.717) is 0 Å². The van der Waals surface area contributed by atoms with Crippen molar-refractivity contribution >= 4 is 0 Å². The molecule has 2 rings (SSSR count). The van der Waals surface area contributed by atoms with Crippen LogP contribution in [0.4, 0.5) is 0 Å². The highest BCUT2D eigenvalue weighted by atomic mass is 14.3. The van der Waals surface area contributed by atoms with E-state index in [1.807, 2.05) is 0 Å². The normalized spacial score (nSPS) is 34.2. The number of hydrogen-bond donors (Lipinski definition) is 0. The van der Waals surface area contributed by atoms with Crippen molar-refractivity contribution in [2.45, 2.75) is 77.6 Å². The van der Waals surface area contributed by atoms with E-state index in [1.54, 1.807) is 12.0 Å². The second-order valence-corrected chi connectivity index (χ2v) is 5.89. The average molecular weight is 220 g/mol. The summed E-state index contributed by atoms with van der Waals surface area (Å²) in [6.45, 7) is 2.29. The summed E-state index contributed by atoms with van der Waals surface area (Å²) in [4.78, 5) is 0. The number of unbranched alkanes of at least 4 members (excludes halogenated alkanes) is 1. The van der Waals surface area contributed by atoms with Gasteiger partial charge in [0.25, 0.3) is 0 Å². The number of rotatable bonds is 2. The first-order valence-corrected chi connectivity index (χ1v) is 7.58. The smallest absolute Gasteiger partial charge is 0.0318 e. The van der Waals surface area contributed by atoms with Crippen molar-refractivity contribution < 1.29 is 0 Å². The lowest BCUT2D eigenvalue weighted by Gasteiger charge is -2.33. The Bertz CT molecular complexity index is 226. The molecule has 2 fully saturated rings. The predicted octanol–water partition coefficient (Wildman–Crippen LogP) is 5.48. The van der Waals surface area contributed by atoms with Crippen LogP contribution in [0.1, 0.15) is 77.6 Å². The molecule has 0 spiro atoms. The van der Waals surface area contributed by atoms with Crippen molar-refractivity contribution in [1.29, 1.82) is 0 Å². The monoisotopic (exact) mass is 220 g/mol. The maximum Gasteiger partial charge on any atom is -0.0318 e. The fourth-order valence-corrected chi connectivity index (χ4v) is 3.68. The SMILES string of the molecule is CCC/C=C1\CCCC2CCCCC2CC1. The van der Waals surface area contributed by atoms with Crippen molar-refractivity contribution in [3.63, 3.8) is 0 Å². The highest BCUT2D eigenvalue weighted by Crippen LogP contribution is 2.39. The number of fused-ring (bicyclic) bond motifs is 1. The van der Waals surface area contributed by atoms with Crippen molar-refractivity contribution in [1.82, 2.24) is 0 Å². The van der Waals surface area contributed by atoms with E-state index < -0.39 is 0 Å². The molecule has 0 aromatic carbocycles. The molecule has 2 unspecified atom stereocenters. The van der Waals surface area contributed by atoms with Crippen molar-refractivity contribution in [2.24, 2.45) is 11.8 Å². The Morgan fingerprint density at radius 2 is 1.62 bits per heavy atom. The first kappa shape index (κ1) is 12.2. The van der Waals surface area contributed by atoms with Gasteiger partial charge in [-0.05, 0) is 50.4 Å². The molecule has 0 heteroatoms. The summed E-state index contributed by atoms with van der Waals surface area (Å²) < 4.78 is 0. The van der Waals surface area contributed by atoms with Gasteiger partial charge < -0.3 is 0 Å². The van der Waals surface area contributed by atoms with Crippen LogP contribution in [0.25, 0.3) is 0 Å². The van der Waals surface area contributed by atoms with Crippen LogP contribution in [-0.4, -0.2) is 0 Å². The van der Waals surface area contributed by atoms with Gasteiger partial charge in [0.15, 0.2) is 0 Å². The Labute approximate surface area is 102 Å². The van der Waals surface area contributed by atoms with Gasteiger partial charge in [0.05, 0.1) is 0 Å². The lowest BCUT2D eigenvalue weighted by atomic mass is 9.72. The molecule has 92 valence electrons. The van der Waals surface area contributed by atoms with Crippen LogP contribution in [0.2, 0.25) is 0 Å². The molecule has 0 aliphatic heterocycles. The van der Waals surface area contributed by atoms with Crippen LogP contribution in [0.15, 0.2) is 11.6 Å². The molecule has 0 saturated heterocycles. The summed E-state index contributed by atoms with van der Waals surface area (Å²) in [7, 11) is 0. The van der Waals surface area contributed by atoms with Gasteiger partial charge in [0.2, 0.25) is 0 Å². The number of allylic oxidation sites excluding steroid dienone is 2. The van der Waals surface area contributed by atoms with Crippen LogP contribution in [0.5, 0.6) is 0 Å². The molecular weight excluding hydrogens is 192 g/mol. The molecule has 2 saturated carbocycles. The van der Waals surface area contributed by atoms with Crippen molar-refractivity contribution in [3.05, 3.63) is 11.6 Å². The third kappa shape index (κ3) is 3.37. The highest BCUT2D eigenvalue weighted by molar-refractivity contribution is 5.03. The van der Waals surface area contributed by atoms with Crippen LogP contribution in [0.3, 0.4) is 0 Å². The van der Waals surface area contributed by atoms with Gasteiger partial charge in [-0.3, -0.25) is 0 Å². The van der Waals surface area contributed by atoms with E-state index in [9.17, 15) is 0 Å². The quantitative estimate of drug-likeness (QED) is 0.540. The molecule has 2 aliphatic carbocycles. The van der Waals surface area contributed by atoms with E-state index in [4.69, 9.17) is 0 Å². The van der Waals surface area contributed by atoms with E-state index in [2.05, 4.69) is 13.0 Å². The fraction of sp³-hybridized carbons (Fsp3) is 0.875.